The first-order valence-electron chi connectivity index (χ1n) is 8.60. The van der Waals surface area contributed by atoms with Crippen LogP contribution in [0.4, 0.5) is 0 Å². The van der Waals surface area contributed by atoms with E-state index in [-0.39, 0.29) is 35.6 Å². The zero-order valence-electron chi connectivity index (χ0n) is 13.5. The normalized spacial score (nSPS) is 34.0. The monoisotopic (exact) mass is 328 g/mol. The molecule has 0 amide bonds. The van der Waals surface area contributed by atoms with E-state index in [0.29, 0.717) is 12.0 Å². The van der Waals surface area contributed by atoms with E-state index < -0.39 is 18.0 Å². The van der Waals surface area contributed by atoms with Gasteiger partial charge in [-0.05, 0) is 25.2 Å². The first-order chi connectivity index (χ1) is 11.6. The average Bonchev–Trinajstić information content (AvgIpc) is 3.21. The minimum atomic E-state index is -0.799. The van der Waals surface area contributed by atoms with Gasteiger partial charge in [-0.1, -0.05) is 37.3 Å². The Morgan fingerprint density at radius 3 is 2.71 bits per heavy atom. The molecule has 0 N–H and O–H groups in total. The Morgan fingerprint density at radius 2 is 2.00 bits per heavy atom. The SMILES string of the molecule is CC[C@H](OC(=O)[C@@H]1[C@@H]2C[C@@H]3[C@@H]1C(=O)O[C@H]3C2)C(=O)c1ccccc1. The second-order valence-electron chi connectivity index (χ2n) is 6.99. The summed E-state index contributed by atoms with van der Waals surface area (Å²) in [5.41, 5.74) is 0.533. The molecule has 4 rings (SSSR count). The maximum Gasteiger partial charge on any atom is 0.310 e. The van der Waals surface area contributed by atoms with Gasteiger partial charge in [-0.15, -0.1) is 0 Å². The average molecular weight is 328 g/mol. The van der Waals surface area contributed by atoms with Crippen LogP contribution in [0.2, 0.25) is 0 Å². The number of benzene rings is 1. The molecule has 5 nitrogen and oxygen atoms in total. The van der Waals surface area contributed by atoms with Crippen molar-refractivity contribution in [2.24, 2.45) is 23.7 Å². The van der Waals surface area contributed by atoms with Gasteiger partial charge in [-0.2, -0.15) is 0 Å². The summed E-state index contributed by atoms with van der Waals surface area (Å²) in [6, 6.07) is 8.84. The Labute approximate surface area is 140 Å². The highest BCUT2D eigenvalue weighted by molar-refractivity contribution is 6.00. The second-order valence-corrected chi connectivity index (χ2v) is 6.99. The highest BCUT2D eigenvalue weighted by Gasteiger charge is 2.64. The number of Topliss-reactive ketones (excluding diaryl/α,β-unsaturated/α-hetero) is 1. The molecule has 1 heterocycles. The zero-order chi connectivity index (χ0) is 16.8. The molecule has 126 valence electrons. The highest BCUT2D eigenvalue weighted by atomic mass is 16.6. The topological polar surface area (TPSA) is 69.7 Å². The van der Waals surface area contributed by atoms with Gasteiger partial charge in [-0.3, -0.25) is 14.4 Å². The summed E-state index contributed by atoms with van der Waals surface area (Å²) >= 11 is 0. The molecule has 24 heavy (non-hydrogen) atoms. The van der Waals surface area contributed by atoms with E-state index in [4.69, 9.17) is 9.47 Å². The van der Waals surface area contributed by atoms with E-state index in [9.17, 15) is 14.4 Å². The van der Waals surface area contributed by atoms with Crippen LogP contribution in [-0.4, -0.2) is 29.9 Å². The fourth-order valence-electron chi connectivity index (χ4n) is 4.65. The summed E-state index contributed by atoms with van der Waals surface area (Å²) in [7, 11) is 0. The molecule has 2 saturated carbocycles. The van der Waals surface area contributed by atoms with Crippen LogP contribution in [0.5, 0.6) is 0 Å². The Bertz CT molecular complexity index is 680. The maximum atomic E-state index is 12.7. The van der Waals surface area contributed by atoms with Crippen molar-refractivity contribution in [3.8, 4) is 0 Å². The lowest BCUT2D eigenvalue weighted by molar-refractivity contribution is -0.158. The van der Waals surface area contributed by atoms with Crippen LogP contribution >= 0.6 is 0 Å². The third-order valence-corrected chi connectivity index (χ3v) is 5.74. The first kappa shape index (κ1) is 15.4. The summed E-state index contributed by atoms with van der Waals surface area (Å²) in [5, 5.41) is 0. The molecule has 0 unspecified atom stereocenters. The fourth-order valence-corrected chi connectivity index (χ4v) is 4.65. The van der Waals surface area contributed by atoms with Crippen LogP contribution < -0.4 is 0 Å². The van der Waals surface area contributed by atoms with Gasteiger partial charge in [0.05, 0.1) is 11.8 Å². The van der Waals surface area contributed by atoms with E-state index in [1.54, 1.807) is 24.3 Å². The number of carbonyl (C=O) groups is 3. The zero-order valence-corrected chi connectivity index (χ0v) is 13.5. The molecule has 1 saturated heterocycles. The molecular formula is C19H20O5. The molecule has 3 fully saturated rings. The molecule has 1 aromatic rings. The minimum Gasteiger partial charge on any atom is -0.462 e. The molecule has 2 aliphatic carbocycles. The summed E-state index contributed by atoms with van der Waals surface area (Å²) in [6.07, 6.45) is 1.20. The smallest absolute Gasteiger partial charge is 0.310 e. The van der Waals surface area contributed by atoms with Gasteiger partial charge in [0.15, 0.2) is 6.10 Å². The van der Waals surface area contributed by atoms with Crippen molar-refractivity contribution in [1.29, 1.82) is 0 Å². The van der Waals surface area contributed by atoms with Gasteiger partial charge < -0.3 is 9.47 Å². The van der Waals surface area contributed by atoms with Crippen LogP contribution in [0, 0.1) is 23.7 Å². The summed E-state index contributed by atoms with van der Waals surface area (Å²) < 4.78 is 10.9. The molecule has 0 spiro atoms. The molecule has 1 aromatic carbocycles. The Hall–Kier alpha value is -2.17. The fraction of sp³-hybridized carbons (Fsp3) is 0.526. The van der Waals surface area contributed by atoms with Crippen molar-refractivity contribution in [3.63, 3.8) is 0 Å². The molecule has 2 bridgehead atoms. The van der Waals surface area contributed by atoms with Crippen LogP contribution in [0.15, 0.2) is 30.3 Å². The largest absolute Gasteiger partial charge is 0.462 e. The second kappa shape index (κ2) is 5.72. The lowest BCUT2D eigenvalue weighted by Crippen LogP contribution is -2.37. The lowest BCUT2D eigenvalue weighted by atomic mass is 9.80. The van der Waals surface area contributed by atoms with Crippen molar-refractivity contribution >= 4 is 17.7 Å². The third-order valence-electron chi connectivity index (χ3n) is 5.74. The van der Waals surface area contributed by atoms with Gasteiger partial charge in [0.25, 0.3) is 0 Å². The third kappa shape index (κ3) is 2.26. The highest BCUT2D eigenvalue weighted by Crippen LogP contribution is 2.58. The van der Waals surface area contributed by atoms with Crippen molar-refractivity contribution in [3.05, 3.63) is 35.9 Å². The number of ether oxygens (including phenoxy) is 2. The summed E-state index contributed by atoms with van der Waals surface area (Å²) in [5.74, 6) is -1.39. The molecular weight excluding hydrogens is 308 g/mol. The van der Waals surface area contributed by atoms with Crippen LogP contribution in [0.25, 0.3) is 0 Å². The van der Waals surface area contributed by atoms with Crippen molar-refractivity contribution in [2.45, 2.75) is 38.4 Å². The van der Waals surface area contributed by atoms with Gasteiger partial charge in [0.1, 0.15) is 6.10 Å². The molecule has 0 aromatic heterocycles. The van der Waals surface area contributed by atoms with E-state index >= 15 is 0 Å². The number of carbonyl (C=O) groups excluding carboxylic acids is 3. The predicted octanol–water partition coefficient (Wildman–Crippen LogP) is 2.39. The standard InChI is InChI=1S/C19H20O5/c1-2-13(17(20)10-6-4-3-5-7-10)23-18(21)15-11-8-12-14(9-11)24-19(22)16(12)15/h3-7,11-16H,2,8-9H2,1H3/t11-,12+,13+,14+,15-,16+/m1/s1. The number of esters is 2. The van der Waals surface area contributed by atoms with Crippen molar-refractivity contribution in [2.75, 3.05) is 0 Å². The van der Waals surface area contributed by atoms with Gasteiger partial charge in [0, 0.05) is 11.5 Å². The number of rotatable bonds is 5. The molecule has 0 radical (unpaired) electrons. The van der Waals surface area contributed by atoms with Gasteiger partial charge in [-0.25, -0.2) is 0 Å². The minimum absolute atomic E-state index is 0.00975. The first-order valence-corrected chi connectivity index (χ1v) is 8.60. The number of ketones is 1. The molecule has 6 atom stereocenters. The van der Waals surface area contributed by atoms with Crippen LogP contribution in [0.1, 0.15) is 36.5 Å². The van der Waals surface area contributed by atoms with E-state index in [0.717, 1.165) is 12.8 Å². The lowest BCUT2D eigenvalue weighted by Gasteiger charge is -2.25. The van der Waals surface area contributed by atoms with Crippen LogP contribution in [0.3, 0.4) is 0 Å². The summed E-state index contributed by atoms with van der Waals surface area (Å²) in [6.45, 7) is 1.82. The Balaban J connectivity index is 1.49. The number of fused-ring (bicyclic) bond motifs is 1. The van der Waals surface area contributed by atoms with Gasteiger partial charge >= 0.3 is 11.9 Å². The Morgan fingerprint density at radius 1 is 1.25 bits per heavy atom. The van der Waals surface area contributed by atoms with Crippen LogP contribution in [-0.2, 0) is 19.1 Å². The number of hydrogen-bond donors (Lipinski definition) is 0. The van der Waals surface area contributed by atoms with Crippen molar-refractivity contribution in [1.82, 2.24) is 0 Å². The van der Waals surface area contributed by atoms with E-state index in [1.165, 1.54) is 0 Å². The molecule has 5 heteroatoms. The predicted molar refractivity (Wildman–Crippen MR) is 84.0 cm³/mol. The van der Waals surface area contributed by atoms with E-state index in [1.807, 2.05) is 13.0 Å². The molecule has 1 aliphatic heterocycles. The maximum absolute atomic E-state index is 12.7. The van der Waals surface area contributed by atoms with E-state index in [2.05, 4.69) is 0 Å². The quantitative estimate of drug-likeness (QED) is 0.613. The van der Waals surface area contributed by atoms with Crippen molar-refractivity contribution < 1.29 is 23.9 Å². The summed E-state index contributed by atoms with van der Waals surface area (Å²) in [4.78, 5) is 37.3. The van der Waals surface area contributed by atoms with Gasteiger partial charge in [0.2, 0.25) is 5.78 Å². The Kier molecular flexibility index (Phi) is 3.66. The number of hydrogen-bond acceptors (Lipinski definition) is 5. The molecule has 3 aliphatic rings.